The average Bonchev–Trinajstić information content (AvgIpc) is 3.35. The fourth-order valence-corrected chi connectivity index (χ4v) is 7.95. The zero-order valence-electron chi connectivity index (χ0n) is 32.0. The number of thioether (sulfide) groups is 2. The van der Waals surface area contributed by atoms with E-state index in [4.69, 9.17) is 16.3 Å². The molecule has 2 aromatic heterocycles. The van der Waals surface area contributed by atoms with E-state index in [1.54, 1.807) is 22.2 Å². The maximum atomic E-state index is 13.8. The monoisotopic (exact) mass is 858 g/mol. The first-order chi connectivity index (χ1) is 27.9. The molecule has 316 valence electrons. The summed E-state index contributed by atoms with van der Waals surface area (Å²) in [5.41, 5.74) is 9.34. The van der Waals surface area contributed by atoms with Gasteiger partial charge in [0.2, 0.25) is 11.0 Å². The van der Waals surface area contributed by atoms with Crippen molar-refractivity contribution in [2.45, 2.75) is 50.8 Å². The summed E-state index contributed by atoms with van der Waals surface area (Å²) in [6, 6.07) is -0.358. The van der Waals surface area contributed by atoms with E-state index in [-0.39, 0.29) is 49.3 Å². The van der Waals surface area contributed by atoms with Crippen LogP contribution < -0.4 is 42.7 Å². The number of amides is 3. The first-order valence-electron chi connectivity index (χ1n) is 18.0. The second kappa shape index (κ2) is 18.5. The summed E-state index contributed by atoms with van der Waals surface area (Å²) in [6.07, 6.45) is 6.02. The highest BCUT2D eigenvalue weighted by atomic mass is 32.2. The molecule has 0 radical (unpaired) electrons. The van der Waals surface area contributed by atoms with Crippen LogP contribution in [0.25, 0.3) is 0 Å². The first kappa shape index (κ1) is 43.8. The summed E-state index contributed by atoms with van der Waals surface area (Å²) in [6.45, 7) is 5.14. The van der Waals surface area contributed by atoms with Crippen molar-refractivity contribution in [3.8, 4) is 5.75 Å². The lowest BCUT2D eigenvalue weighted by Crippen LogP contribution is -2.71. The van der Waals surface area contributed by atoms with Gasteiger partial charge in [0.1, 0.15) is 41.2 Å². The van der Waals surface area contributed by atoms with Gasteiger partial charge in [-0.2, -0.15) is 4.73 Å². The molecule has 0 bridgehead atoms. The number of anilines is 2. The van der Waals surface area contributed by atoms with Crippen LogP contribution in [-0.4, -0.2) is 119 Å². The molecule has 5 heterocycles. The number of carboxylic acids is 2. The van der Waals surface area contributed by atoms with Gasteiger partial charge in [0.15, 0.2) is 11.5 Å². The van der Waals surface area contributed by atoms with Crippen LogP contribution in [0.5, 0.6) is 5.75 Å². The number of pyridine rings is 1. The van der Waals surface area contributed by atoms with Gasteiger partial charge in [-0.3, -0.25) is 24.1 Å². The van der Waals surface area contributed by atoms with Crippen LogP contribution in [0.4, 0.5) is 11.5 Å². The number of carbonyl (C=O) groups excluding carboxylic acids is 3. The number of carbonyl (C=O) groups is 5. The summed E-state index contributed by atoms with van der Waals surface area (Å²) in [4.78, 5) is 87.0. The highest BCUT2D eigenvalue weighted by molar-refractivity contribution is 8.05. The summed E-state index contributed by atoms with van der Waals surface area (Å²) < 4.78 is 1.93. The topological polar surface area (TPSA) is 330 Å². The molecule has 5 rings (SSSR count). The van der Waals surface area contributed by atoms with E-state index in [2.05, 4.69) is 31.4 Å². The smallest absolute Gasteiger partial charge is 0.352 e. The molecule has 0 spiro atoms. The average molecular weight is 859 g/mol. The molecule has 1 saturated heterocycles. The predicted molar refractivity (Wildman–Crippen MR) is 214 cm³/mol. The van der Waals surface area contributed by atoms with Gasteiger partial charge in [-0.15, -0.1) is 11.8 Å². The van der Waals surface area contributed by atoms with Gasteiger partial charge < -0.3 is 58.1 Å². The fraction of sp³-hybridized carbons (Fsp3) is 0.400. The maximum absolute atomic E-state index is 13.8. The standard InChI is InChI=1S/C35H43N11O11S2/c1-17-4-5-24(37)58-15-19(17)25(43-57-35(2,3)34(54)55)30(50)42-26-31(51)46-27(33(52)53)18(14-59-32(26)46)11-44-12-20(28(41-16-44)39-7-6-36)38-8-9-40-29(49)21-10-22(47)23(48)13-45(21)56/h5,10,12-13,15-17,26,32,38,56H,4,6-9,11,14,36-37H2,1-3H3,(H5,40,42,48,49,50,52,53,54,55)/p+1/b43-25-/t17?,26-,32?/m1/s1. The van der Waals surface area contributed by atoms with Crippen LogP contribution >= 0.6 is 23.5 Å². The molecule has 3 aliphatic rings. The van der Waals surface area contributed by atoms with Gasteiger partial charge in [-0.1, -0.05) is 29.9 Å². The molecule has 0 aromatic carbocycles. The molecule has 0 saturated carbocycles. The number of aliphatic carboxylic acids is 2. The summed E-state index contributed by atoms with van der Waals surface area (Å²) in [7, 11) is 0. The Morgan fingerprint density at radius 1 is 1.15 bits per heavy atom. The summed E-state index contributed by atoms with van der Waals surface area (Å²) >= 11 is 2.38. The summed E-state index contributed by atoms with van der Waals surface area (Å²) in [5, 5.41) is 55.9. The fourth-order valence-electron chi connectivity index (χ4n) is 5.82. The van der Waals surface area contributed by atoms with Crippen molar-refractivity contribution in [2.75, 3.05) is 42.6 Å². The minimum Gasteiger partial charge on any atom is -0.503 e. The Morgan fingerprint density at radius 3 is 2.59 bits per heavy atom. The molecule has 3 atom stereocenters. The quantitative estimate of drug-likeness (QED) is 0.0231. The number of β-lactam (4-membered cyclic amide) rings is 1. The van der Waals surface area contributed by atoms with Gasteiger partial charge in [0.25, 0.3) is 29.9 Å². The van der Waals surface area contributed by atoms with E-state index in [1.807, 2.05) is 6.92 Å². The van der Waals surface area contributed by atoms with E-state index < -0.39 is 63.5 Å². The van der Waals surface area contributed by atoms with Crippen molar-refractivity contribution in [1.82, 2.24) is 25.2 Å². The van der Waals surface area contributed by atoms with Gasteiger partial charge >= 0.3 is 11.9 Å². The van der Waals surface area contributed by atoms with E-state index >= 15 is 0 Å². The molecular weight excluding hydrogens is 815 g/mol. The molecule has 24 heteroatoms. The number of carboxylic acid groups (broad SMARTS) is 2. The van der Waals surface area contributed by atoms with E-state index in [0.29, 0.717) is 51.6 Å². The number of allylic oxidation sites excluding steroid dienone is 1. The molecule has 3 aliphatic heterocycles. The number of hydrogen-bond donors (Lipinski definition) is 10. The highest BCUT2D eigenvalue weighted by Gasteiger charge is 2.54. The Labute approximate surface area is 344 Å². The molecule has 12 N–H and O–H groups in total. The molecule has 59 heavy (non-hydrogen) atoms. The predicted octanol–water partition coefficient (Wildman–Crippen LogP) is -0.882. The number of hydrogen-bond acceptors (Lipinski definition) is 17. The number of fused-ring (bicyclic) bond motifs is 1. The SMILES string of the molecule is CC1CC=C(N)SC=C1/C(=N/OC(C)(C)C(=O)O)C(=O)N[C@@H]1C(=O)N2C(C(=O)O)=C(C[n+]3cnc(NCCN)c(NCCNC(=O)c4cc(=O)c(O)cn4O)c3)CSC12. The third-order valence-corrected chi connectivity index (χ3v) is 11.2. The van der Waals surface area contributed by atoms with Crippen LogP contribution in [0.2, 0.25) is 0 Å². The number of oxime groups is 1. The lowest BCUT2D eigenvalue weighted by molar-refractivity contribution is -0.691. The Kier molecular flexibility index (Phi) is 13.8. The van der Waals surface area contributed by atoms with Crippen molar-refractivity contribution in [3.05, 3.63) is 74.1 Å². The van der Waals surface area contributed by atoms with E-state index in [9.17, 15) is 49.3 Å². The minimum atomic E-state index is -1.79. The van der Waals surface area contributed by atoms with Gasteiger partial charge in [-0.25, -0.2) is 14.2 Å². The maximum Gasteiger partial charge on any atom is 0.352 e. The number of nitrogens with two attached hydrogens (primary N) is 2. The van der Waals surface area contributed by atoms with Crippen molar-refractivity contribution in [2.24, 2.45) is 22.5 Å². The normalized spacial score (nSPS) is 19.3. The number of nitrogens with one attached hydrogen (secondary N) is 4. The van der Waals surface area contributed by atoms with Gasteiger partial charge in [0, 0.05) is 43.6 Å². The van der Waals surface area contributed by atoms with Gasteiger partial charge in [0.05, 0.1) is 11.2 Å². The molecule has 22 nitrogen and oxygen atoms in total. The zero-order valence-corrected chi connectivity index (χ0v) is 33.6. The van der Waals surface area contributed by atoms with Crippen LogP contribution in [0.1, 0.15) is 37.7 Å². The second-order valence-corrected chi connectivity index (χ2v) is 15.9. The lowest BCUT2D eigenvalue weighted by atomic mass is 9.94. The van der Waals surface area contributed by atoms with Crippen molar-refractivity contribution >= 4 is 70.4 Å². The number of rotatable bonds is 17. The largest absolute Gasteiger partial charge is 0.503 e. The van der Waals surface area contributed by atoms with Crippen LogP contribution in [0, 0.1) is 5.92 Å². The van der Waals surface area contributed by atoms with Crippen molar-refractivity contribution < 1.29 is 53.9 Å². The number of aromatic nitrogens is 3. The van der Waals surface area contributed by atoms with Crippen LogP contribution in [0.3, 0.4) is 0 Å². The number of aromatic hydroxyl groups is 1. The molecule has 2 unspecified atom stereocenters. The first-order valence-corrected chi connectivity index (χ1v) is 19.9. The van der Waals surface area contributed by atoms with Gasteiger partial charge in [-0.05, 0) is 42.2 Å². The Balaban J connectivity index is 1.31. The van der Waals surface area contributed by atoms with E-state index in [0.717, 1.165) is 22.7 Å². The van der Waals surface area contributed by atoms with Crippen LogP contribution in [-0.2, 0) is 30.6 Å². The summed E-state index contributed by atoms with van der Waals surface area (Å²) in [5.74, 6) is -5.44. The molecule has 0 aliphatic carbocycles. The van der Waals surface area contributed by atoms with E-state index in [1.165, 1.54) is 31.9 Å². The molecule has 2 aromatic rings. The third kappa shape index (κ3) is 10.1. The lowest BCUT2D eigenvalue weighted by Gasteiger charge is -2.49. The minimum absolute atomic E-state index is 0.00100. The zero-order chi connectivity index (χ0) is 43.2. The van der Waals surface area contributed by atoms with Crippen molar-refractivity contribution in [1.29, 1.82) is 0 Å². The second-order valence-electron chi connectivity index (χ2n) is 13.9. The van der Waals surface area contributed by atoms with Crippen molar-refractivity contribution in [3.63, 3.8) is 0 Å². The van der Waals surface area contributed by atoms with Crippen LogP contribution in [0.15, 0.2) is 68.1 Å². The Bertz CT molecular complexity index is 2220. The Morgan fingerprint density at radius 2 is 1.90 bits per heavy atom. The molecular formula is C35H44N11O11S2+. The third-order valence-electron chi connectivity index (χ3n) is 9.10. The Hall–Kier alpha value is -6.27. The molecule has 1 fully saturated rings. The number of nitrogens with zero attached hydrogens (tertiary/aromatic N) is 5. The highest BCUT2D eigenvalue weighted by Crippen LogP contribution is 2.40. The molecule has 3 amide bonds.